The molecule has 0 aliphatic rings. The lowest BCUT2D eigenvalue weighted by Crippen LogP contribution is -2.35. The smallest absolute Gasteiger partial charge is 0.354 e. The van der Waals surface area contributed by atoms with E-state index in [1.165, 1.54) is 6.20 Å². The third kappa shape index (κ3) is 5.40. The number of alkyl halides is 3. The molecule has 1 rings (SSSR count). The summed E-state index contributed by atoms with van der Waals surface area (Å²) in [6.07, 6.45) is -1.56. The molecule has 0 aliphatic heterocycles. The van der Waals surface area contributed by atoms with Crippen LogP contribution in [0.25, 0.3) is 0 Å². The van der Waals surface area contributed by atoms with Gasteiger partial charge in [0.05, 0.1) is 6.20 Å². The van der Waals surface area contributed by atoms with E-state index in [4.69, 9.17) is 11.6 Å². The zero-order valence-electron chi connectivity index (χ0n) is 11.5. The van der Waals surface area contributed by atoms with E-state index in [9.17, 15) is 13.2 Å². The molecule has 0 unspecified atom stereocenters. The van der Waals surface area contributed by atoms with Crippen LogP contribution in [0, 0.1) is 0 Å². The second-order valence-corrected chi connectivity index (χ2v) is 4.74. The van der Waals surface area contributed by atoms with Crippen LogP contribution < -0.4 is 10.2 Å². The number of hydrogen-bond acceptors (Lipinski definition) is 4. The third-order valence-electron chi connectivity index (χ3n) is 2.42. The fourth-order valence-electron chi connectivity index (χ4n) is 1.65. The van der Waals surface area contributed by atoms with Crippen LogP contribution in [-0.2, 0) is 0 Å². The molecule has 1 aromatic heterocycles. The average Bonchev–Trinajstić information content (AvgIpc) is 2.36. The molecule has 0 amide bonds. The van der Waals surface area contributed by atoms with Crippen molar-refractivity contribution in [1.29, 1.82) is 0 Å². The van der Waals surface area contributed by atoms with Gasteiger partial charge in [-0.1, -0.05) is 25.4 Å². The first kappa shape index (κ1) is 16.8. The molecule has 1 aromatic rings. The Morgan fingerprint density at radius 3 is 2.55 bits per heavy atom. The Balaban J connectivity index is 2.98. The van der Waals surface area contributed by atoms with Crippen LogP contribution in [0.4, 0.5) is 24.9 Å². The van der Waals surface area contributed by atoms with Gasteiger partial charge in [-0.05, 0) is 12.8 Å². The van der Waals surface area contributed by atoms with Crippen LogP contribution in [-0.4, -0.2) is 35.8 Å². The predicted molar refractivity (Wildman–Crippen MR) is 74.4 cm³/mol. The summed E-state index contributed by atoms with van der Waals surface area (Å²) in [6.45, 7) is 3.56. The molecule has 0 aromatic carbocycles. The van der Waals surface area contributed by atoms with Gasteiger partial charge in [-0.3, -0.25) is 0 Å². The minimum absolute atomic E-state index is 0.111. The molecule has 0 atom stereocenters. The van der Waals surface area contributed by atoms with E-state index in [0.29, 0.717) is 13.0 Å². The van der Waals surface area contributed by atoms with E-state index in [1.807, 2.05) is 6.92 Å². The maximum absolute atomic E-state index is 12.6. The van der Waals surface area contributed by atoms with Gasteiger partial charge in [-0.25, -0.2) is 4.98 Å². The summed E-state index contributed by atoms with van der Waals surface area (Å²) in [5, 5.41) is 3.05. The fraction of sp³-hybridized carbons (Fsp3) is 0.667. The van der Waals surface area contributed by atoms with E-state index in [0.717, 1.165) is 11.3 Å². The van der Waals surface area contributed by atoms with Crippen molar-refractivity contribution in [3.63, 3.8) is 0 Å². The molecule has 0 radical (unpaired) electrons. The van der Waals surface area contributed by atoms with E-state index in [2.05, 4.69) is 15.3 Å². The molecule has 114 valence electrons. The lowest BCUT2D eigenvalue weighted by molar-refractivity contribution is -0.119. The van der Waals surface area contributed by atoms with Gasteiger partial charge in [-0.2, -0.15) is 18.2 Å². The first-order valence-corrected chi connectivity index (χ1v) is 6.83. The molecule has 0 bridgehead atoms. The first-order valence-electron chi connectivity index (χ1n) is 6.45. The number of rotatable bonds is 7. The summed E-state index contributed by atoms with van der Waals surface area (Å²) in [6, 6.07) is 0. The minimum atomic E-state index is -4.31. The Labute approximate surface area is 121 Å². The summed E-state index contributed by atoms with van der Waals surface area (Å²) < 4.78 is 37.8. The van der Waals surface area contributed by atoms with Crippen LogP contribution in [0.2, 0.25) is 5.02 Å². The highest BCUT2D eigenvalue weighted by atomic mass is 35.5. The highest BCUT2D eigenvalue weighted by Crippen LogP contribution is 2.27. The summed E-state index contributed by atoms with van der Waals surface area (Å²) in [5.41, 5.74) is 0. The van der Waals surface area contributed by atoms with Crippen LogP contribution in [0.3, 0.4) is 0 Å². The van der Waals surface area contributed by atoms with Gasteiger partial charge in [0.25, 0.3) is 0 Å². The van der Waals surface area contributed by atoms with Crippen molar-refractivity contribution in [2.24, 2.45) is 0 Å². The Morgan fingerprint density at radius 1 is 1.30 bits per heavy atom. The van der Waals surface area contributed by atoms with Gasteiger partial charge >= 0.3 is 6.18 Å². The number of anilines is 2. The van der Waals surface area contributed by atoms with Crippen molar-refractivity contribution in [2.75, 3.05) is 29.9 Å². The van der Waals surface area contributed by atoms with Gasteiger partial charge in [0.15, 0.2) is 5.82 Å². The molecule has 0 aliphatic carbocycles. The quantitative estimate of drug-likeness (QED) is 0.833. The molecule has 0 saturated heterocycles. The summed E-state index contributed by atoms with van der Waals surface area (Å²) in [5.74, 6) is 0.397. The second kappa shape index (κ2) is 7.52. The van der Waals surface area contributed by atoms with E-state index >= 15 is 0 Å². The van der Waals surface area contributed by atoms with Gasteiger partial charge < -0.3 is 10.2 Å². The zero-order valence-corrected chi connectivity index (χ0v) is 12.2. The minimum Gasteiger partial charge on any atom is -0.354 e. The third-order valence-corrected chi connectivity index (χ3v) is 2.69. The van der Waals surface area contributed by atoms with Gasteiger partial charge in [0.2, 0.25) is 5.95 Å². The highest BCUT2D eigenvalue weighted by molar-refractivity contribution is 6.32. The Bertz CT molecular complexity index is 426. The van der Waals surface area contributed by atoms with Crippen molar-refractivity contribution < 1.29 is 13.2 Å². The molecule has 20 heavy (non-hydrogen) atoms. The highest BCUT2D eigenvalue weighted by Gasteiger charge is 2.32. The average molecular weight is 311 g/mol. The van der Waals surface area contributed by atoms with Crippen molar-refractivity contribution in [3.05, 3.63) is 11.2 Å². The monoisotopic (exact) mass is 310 g/mol. The number of hydrogen-bond donors (Lipinski definition) is 1. The predicted octanol–water partition coefficient (Wildman–Crippen LogP) is 3.73. The number of aromatic nitrogens is 2. The number of halogens is 4. The van der Waals surface area contributed by atoms with Gasteiger partial charge in [-0.15, -0.1) is 0 Å². The zero-order chi connectivity index (χ0) is 15.2. The Kier molecular flexibility index (Phi) is 6.32. The normalized spacial score (nSPS) is 11.5. The second-order valence-electron chi connectivity index (χ2n) is 4.33. The SMILES string of the molecule is CCCNc1ncc(Cl)c(N(CCC)CC(F)(F)F)n1. The molecule has 4 nitrogen and oxygen atoms in total. The van der Waals surface area contributed by atoms with Crippen LogP contribution in [0.1, 0.15) is 26.7 Å². The lowest BCUT2D eigenvalue weighted by Gasteiger charge is -2.25. The fourth-order valence-corrected chi connectivity index (χ4v) is 1.86. The van der Waals surface area contributed by atoms with Crippen LogP contribution >= 0.6 is 11.6 Å². The largest absolute Gasteiger partial charge is 0.405 e. The van der Waals surface area contributed by atoms with E-state index < -0.39 is 12.7 Å². The number of nitrogens with zero attached hydrogens (tertiary/aromatic N) is 3. The van der Waals surface area contributed by atoms with Crippen LogP contribution in [0.5, 0.6) is 0 Å². The summed E-state index contributed by atoms with van der Waals surface area (Å²) in [7, 11) is 0. The summed E-state index contributed by atoms with van der Waals surface area (Å²) in [4.78, 5) is 9.16. The topological polar surface area (TPSA) is 41.1 Å². The van der Waals surface area contributed by atoms with E-state index in [1.54, 1.807) is 6.92 Å². The molecule has 8 heteroatoms. The molecular formula is C12H18ClF3N4. The molecule has 1 heterocycles. The van der Waals surface area contributed by atoms with Gasteiger partial charge in [0.1, 0.15) is 11.6 Å². The van der Waals surface area contributed by atoms with Crippen molar-refractivity contribution in [2.45, 2.75) is 32.9 Å². The van der Waals surface area contributed by atoms with Crippen molar-refractivity contribution in [3.8, 4) is 0 Å². The molecule has 0 spiro atoms. The first-order chi connectivity index (χ1) is 9.37. The number of nitrogens with one attached hydrogen (secondary N) is 1. The van der Waals surface area contributed by atoms with E-state index in [-0.39, 0.29) is 23.3 Å². The standard InChI is InChI=1S/C12H18ClF3N4/c1-3-5-17-11-18-7-9(13)10(19-11)20(6-4-2)8-12(14,15)16/h7H,3-6,8H2,1-2H3,(H,17,18,19). The lowest BCUT2D eigenvalue weighted by atomic mass is 10.3. The molecular weight excluding hydrogens is 293 g/mol. The van der Waals surface area contributed by atoms with Crippen LogP contribution in [0.15, 0.2) is 6.20 Å². The molecule has 0 saturated carbocycles. The van der Waals surface area contributed by atoms with Crippen molar-refractivity contribution in [1.82, 2.24) is 9.97 Å². The maximum Gasteiger partial charge on any atom is 0.405 e. The Morgan fingerprint density at radius 2 is 2.00 bits per heavy atom. The Hall–Kier alpha value is -1.24. The molecule has 1 N–H and O–H groups in total. The summed E-state index contributed by atoms with van der Waals surface area (Å²) >= 11 is 5.93. The van der Waals surface area contributed by atoms with Gasteiger partial charge in [0, 0.05) is 13.1 Å². The van der Waals surface area contributed by atoms with Crippen molar-refractivity contribution >= 4 is 23.4 Å². The maximum atomic E-state index is 12.6. The molecule has 0 fully saturated rings.